The maximum absolute atomic E-state index is 6.02. The maximum atomic E-state index is 6.02. The lowest BCUT2D eigenvalue weighted by molar-refractivity contribution is 0.507. The van der Waals surface area contributed by atoms with Crippen LogP contribution in [-0.4, -0.2) is 18.0 Å². The van der Waals surface area contributed by atoms with Crippen LogP contribution in [0.3, 0.4) is 0 Å². The largest absolute Gasteiger partial charge is 0.370 e. The first-order chi connectivity index (χ1) is 10.9. The smallest absolute Gasteiger partial charge is 0.189 e. The van der Waals surface area contributed by atoms with Crippen molar-refractivity contribution >= 4 is 29.9 Å². The molecule has 1 unspecified atom stereocenters. The van der Waals surface area contributed by atoms with Gasteiger partial charge in [-0.25, -0.2) is 0 Å². The number of halogens is 1. The fourth-order valence-electron chi connectivity index (χ4n) is 2.54. The van der Waals surface area contributed by atoms with Crippen molar-refractivity contribution < 1.29 is 0 Å². The predicted molar refractivity (Wildman–Crippen MR) is 114 cm³/mol. The van der Waals surface area contributed by atoms with Gasteiger partial charge in [0.1, 0.15) is 0 Å². The van der Waals surface area contributed by atoms with Crippen molar-refractivity contribution in [3.8, 4) is 0 Å². The van der Waals surface area contributed by atoms with Crippen LogP contribution in [0.2, 0.25) is 0 Å². The van der Waals surface area contributed by atoms with Gasteiger partial charge >= 0.3 is 0 Å². The van der Waals surface area contributed by atoms with Gasteiger partial charge in [-0.2, -0.15) is 0 Å². The first kappa shape index (κ1) is 20.5. The summed E-state index contributed by atoms with van der Waals surface area (Å²) in [6.07, 6.45) is 0.956. The SMILES string of the molecule is CC(C)(C)NC(N)=NCC(Cc1ccccc1)c1ccccc1.I. The molecule has 0 fully saturated rings. The lowest BCUT2D eigenvalue weighted by atomic mass is 9.92. The molecule has 130 valence electrons. The molecule has 3 N–H and O–H groups in total. The third-order valence-corrected chi connectivity index (χ3v) is 3.58. The number of nitrogens with zero attached hydrogens (tertiary/aromatic N) is 1. The molecular weight excluding hydrogens is 409 g/mol. The van der Waals surface area contributed by atoms with Crippen molar-refractivity contribution in [2.45, 2.75) is 38.6 Å². The Morgan fingerprint density at radius 1 is 1.00 bits per heavy atom. The summed E-state index contributed by atoms with van der Waals surface area (Å²) in [6, 6.07) is 21.1. The Balaban J connectivity index is 0.00000288. The lowest BCUT2D eigenvalue weighted by Crippen LogP contribution is -2.45. The van der Waals surface area contributed by atoms with Crippen molar-refractivity contribution in [3.63, 3.8) is 0 Å². The van der Waals surface area contributed by atoms with Crippen LogP contribution in [0, 0.1) is 0 Å². The minimum atomic E-state index is -0.0741. The molecule has 0 radical (unpaired) electrons. The average molecular weight is 437 g/mol. The highest BCUT2D eigenvalue weighted by Gasteiger charge is 2.14. The van der Waals surface area contributed by atoms with E-state index in [2.05, 4.69) is 79.6 Å². The monoisotopic (exact) mass is 437 g/mol. The van der Waals surface area contributed by atoms with Gasteiger partial charge in [-0.3, -0.25) is 4.99 Å². The Morgan fingerprint density at radius 2 is 1.54 bits per heavy atom. The van der Waals surface area contributed by atoms with Crippen molar-refractivity contribution in [2.24, 2.45) is 10.7 Å². The normalized spacial score (nSPS) is 13.0. The summed E-state index contributed by atoms with van der Waals surface area (Å²) >= 11 is 0. The molecule has 4 heteroatoms. The second-order valence-electron chi connectivity index (χ2n) is 6.90. The standard InChI is InChI=1S/C20H27N3.HI/c1-20(2,3)23-19(21)22-15-18(17-12-8-5-9-13-17)14-16-10-6-4-7-11-16;/h4-13,18H,14-15H2,1-3H3,(H3,21,22,23);1H. The lowest BCUT2D eigenvalue weighted by Gasteiger charge is -2.22. The summed E-state index contributed by atoms with van der Waals surface area (Å²) in [5, 5.41) is 3.22. The van der Waals surface area contributed by atoms with E-state index in [0.717, 1.165) is 6.42 Å². The molecule has 0 heterocycles. The Kier molecular flexibility index (Phi) is 8.25. The fourth-order valence-corrected chi connectivity index (χ4v) is 2.54. The van der Waals surface area contributed by atoms with Gasteiger partial charge in [-0.05, 0) is 38.3 Å². The molecule has 3 nitrogen and oxygen atoms in total. The molecular formula is C20H28IN3. The first-order valence-corrected chi connectivity index (χ1v) is 8.11. The van der Waals surface area contributed by atoms with E-state index < -0.39 is 0 Å². The van der Waals surface area contributed by atoms with Gasteiger partial charge in [-0.15, -0.1) is 24.0 Å². The summed E-state index contributed by atoms with van der Waals surface area (Å²) in [7, 11) is 0. The Morgan fingerprint density at radius 3 is 2.08 bits per heavy atom. The molecule has 0 saturated heterocycles. The van der Waals surface area contributed by atoms with Gasteiger partial charge in [0, 0.05) is 18.0 Å². The molecule has 2 aromatic carbocycles. The van der Waals surface area contributed by atoms with Gasteiger partial charge in [-0.1, -0.05) is 60.7 Å². The molecule has 0 saturated carbocycles. The molecule has 0 aromatic heterocycles. The van der Waals surface area contributed by atoms with Crippen molar-refractivity contribution in [3.05, 3.63) is 71.8 Å². The zero-order chi connectivity index (χ0) is 16.7. The van der Waals surface area contributed by atoms with E-state index in [0.29, 0.717) is 18.4 Å². The van der Waals surface area contributed by atoms with Crippen LogP contribution in [0.1, 0.15) is 37.8 Å². The zero-order valence-corrected chi connectivity index (χ0v) is 17.0. The second-order valence-corrected chi connectivity index (χ2v) is 6.90. The summed E-state index contributed by atoms with van der Waals surface area (Å²) in [5.41, 5.74) is 8.56. The van der Waals surface area contributed by atoms with Gasteiger partial charge in [0.05, 0.1) is 0 Å². The Bertz CT molecular complexity index is 618. The van der Waals surface area contributed by atoms with Gasteiger partial charge in [0.25, 0.3) is 0 Å². The summed E-state index contributed by atoms with van der Waals surface area (Å²) in [4.78, 5) is 4.57. The topological polar surface area (TPSA) is 50.4 Å². The Hall–Kier alpha value is -1.56. The van der Waals surface area contributed by atoms with Crippen LogP contribution in [-0.2, 0) is 6.42 Å². The van der Waals surface area contributed by atoms with Gasteiger partial charge in [0.15, 0.2) is 5.96 Å². The third kappa shape index (κ3) is 7.34. The van der Waals surface area contributed by atoms with Gasteiger partial charge < -0.3 is 11.1 Å². The third-order valence-electron chi connectivity index (χ3n) is 3.58. The molecule has 0 spiro atoms. The average Bonchev–Trinajstić information content (AvgIpc) is 2.51. The van der Waals surface area contributed by atoms with E-state index in [1.807, 2.05) is 12.1 Å². The van der Waals surface area contributed by atoms with E-state index in [1.165, 1.54) is 11.1 Å². The quantitative estimate of drug-likeness (QED) is 0.416. The van der Waals surface area contributed by atoms with E-state index in [4.69, 9.17) is 5.73 Å². The summed E-state index contributed by atoms with van der Waals surface area (Å²) in [6.45, 7) is 6.91. The number of guanidine groups is 1. The number of nitrogens with two attached hydrogens (primary N) is 1. The van der Waals surface area contributed by atoms with Crippen LogP contribution >= 0.6 is 24.0 Å². The molecule has 0 amide bonds. The fraction of sp³-hybridized carbons (Fsp3) is 0.350. The molecule has 0 aliphatic rings. The van der Waals surface area contributed by atoms with Gasteiger partial charge in [0.2, 0.25) is 0 Å². The van der Waals surface area contributed by atoms with E-state index in [-0.39, 0.29) is 29.5 Å². The number of nitrogens with one attached hydrogen (secondary N) is 1. The minimum Gasteiger partial charge on any atom is -0.370 e. The number of aliphatic imine (C=N–C) groups is 1. The molecule has 2 rings (SSSR count). The van der Waals surface area contributed by atoms with E-state index in [9.17, 15) is 0 Å². The van der Waals surface area contributed by atoms with Crippen LogP contribution in [0.4, 0.5) is 0 Å². The number of benzene rings is 2. The molecule has 1 atom stereocenters. The number of hydrogen-bond donors (Lipinski definition) is 2. The highest BCUT2D eigenvalue weighted by molar-refractivity contribution is 14.0. The van der Waals surface area contributed by atoms with Crippen LogP contribution in [0.25, 0.3) is 0 Å². The maximum Gasteiger partial charge on any atom is 0.189 e. The molecule has 0 aliphatic heterocycles. The minimum absolute atomic E-state index is 0. The molecule has 2 aromatic rings. The second kappa shape index (κ2) is 9.67. The predicted octanol–water partition coefficient (Wildman–Crippen LogP) is 4.33. The highest BCUT2D eigenvalue weighted by Crippen LogP contribution is 2.21. The first-order valence-electron chi connectivity index (χ1n) is 8.11. The van der Waals surface area contributed by atoms with Crippen LogP contribution < -0.4 is 11.1 Å². The van der Waals surface area contributed by atoms with Crippen molar-refractivity contribution in [1.82, 2.24) is 5.32 Å². The van der Waals surface area contributed by atoms with E-state index in [1.54, 1.807) is 0 Å². The zero-order valence-electron chi connectivity index (χ0n) is 14.7. The Labute approximate surface area is 162 Å². The highest BCUT2D eigenvalue weighted by atomic mass is 127. The molecule has 0 bridgehead atoms. The van der Waals surface area contributed by atoms with E-state index >= 15 is 0 Å². The number of rotatable bonds is 5. The van der Waals surface area contributed by atoms with Crippen LogP contribution in [0.15, 0.2) is 65.7 Å². The summed E-state index contributed by atoms with van der Waals surface area (Å²) in [5.74, 6) is 0.824. The summed E-state index contributed by atoms with van der Waals surface area (Å²) < 4.78 is 0. The van der Waals surface area contributed by atoms with Crippen LogP contribution in [0.5, 0.6) is 0 Å². The van der Waals surface area contributed by atoms with Crippen molar-refractivity contribution in [2.75, 3.05) is 6.54 Å². The molecule has 24 heavy (non-hydrogen) atoms. The van der Waals surface area contributed by atoms with Crippen molar-refractivity contribution in [1.29, 1.82) is 0 Å². The molecule has 0 aliphatic carbocycles. The number of hydrogen-bond acceptors (Lipinski definition) is 1.